The summed E-state index contributed by atoms with van der Waals surface area (Å²) in [6, 6.07) is -0.916. The summed E-state index contributed by atoms with van der Waals surface area (Å²) in [5.74, 6) is -0.867. The van der Waals surface area contributed by atoms with Crippen molar-refractivity contribution in [3.05, 3.63) is 11.1 Å². The van der Waals surface area contributed by atoms with Gasteiger partial charge in [0.05, 0.1) is 5.69 Å². The number of nitrogens with two attached hydrogens (primary N) is 1. The molecular formula is C7H7N3O3S. The van der Waals surface area contributed by atoms with Crippen molar-refractivity contribution in [3.8, 4) is 0 Å². The van der Waals surface area contributed by atoms with Gasteiger partial charge in [-0.25, -0.2) is 4.98 Å². The van der Waals surface area contributed by atoms with Crippen molar-refractivity contribution in [2.24, 2.45) is 0 Å². The molecule has 74 valence electrons. The van der Waals surface area contributed by atoms with E-state index in [4.69, 9.17) is 5.73 Å². The maximum absolute atomic E-state index is 10.7. The van der Waals surface area contributed by atoms with Gasteiger partial charge < -0.3 is 15.8 Å². The highest BCUT2D eigenvalue weighted by Gasteiger charge is 2.15. The maximum Gasteiger partial charge on any atom is 0.284 e. The molecule has 1 unspecified atom stereocenters. The topological polar surface area (TPSA) is 102 Å². The lowest BCUT2D eigenvalue weighted by atomic mass is 10.2. The first-order chi connectivity index (χ1) is 6.67. The molecule has 0 saturated carbocycles. The van der Waals surface area contributed by atoms with E-state index >= 15 is 0 Å². The molecule has 7 heteroatoms. The molecule has 1 rings (SSSR count). The van der Waals surface area contributed by atoms with Crippen molar-refractivity contribution in [2.75, 3.05) is 5.73 Å². The number of hydrogen-bond acceptors (Lipinski definition) is 6. The molecule has 0 fully saturated rings. The number of rotatable bonds is 4. The highest BCUT2D eigenvalue weighted by Crippen LogP contribution is 2.16. The molecule has 0 spiro atoms. The summed E-state index contributed by atoms with van der Waals surface area (Å²) in [4.78, 5) is 35.1. The van der Waals surface area contributed by atoms with E-state index < -0.39 is 11.9 Å². The fraction of sp³-hybridized carbons (Fsp3) is 0.143. The van der Waals surface area contributed by atoms with Crippen LogP contribution in [0.1, 0.15) is 11.7 Å². The summed E-state index contributed by atoms with van der Waals surface area (Å²) < 4.78 is 0. The lowest BCUT2D eigenvalue weighted by molar-refractivity contribution is -0.132. The summed E-state index contributed by atoms with van der Waals surface area (Å²) in [6.07, 6.45) is 0.572. The lowest BCUT2D eigenvalue weighted by Crippen LogP contribution is -2.30. The number of thiazole rings is 1. The third-order valence-corrected chi connectivity index (χ3v) is 2.09. The zero-order valence-electron chi connectivity index (χ0n) is 6.97. The molecule has 0 aromatic carbocycles. The Morgan fingerprint density at radius 1 is 1.64 bits per heavy atom. The van der Waals surface area contributed by atoms with Gasteiger partial charge in [-0.3, -0.25) is 9.59 Å². The first-order valence-corrected chi connectivity index (χ1v) is 4.47. The minimum Gasteiger partial charge on any atom is -0.375 e. The van der Waals surface area contributed by atoms with E-state index in [1.165, 1.54) is 0 Å². The maximum atomic E-state index is 10.7. The number of hydrogen-bond donors (Lipinski definition) is 2. The standard InChI is InChI=1S/C7H7N3O3S/c8-7-10-5(3-14-7)4(1-11)9-6(13)2-12/h1-4H,(H2,8,10)(H,9,13). The van der Waals surface area contributed by atoms with Crippen LogP contribution in [0.25, 0.3) is 0 Å². The van der Waals surface area contributed by atoms with Crippen LogP contribution in [-0.2, 0) is 14.4 Å². The molecule has 6 nitrogen and oxygen atoms in total. The second-order valence-corrected chi connectivity index (χ2v) is 3.24. The summed E-state index contributed by atoms with van der Waals surface area (Å²) in [6.45, 7) is 0. The van der Waals surface area contributed by atoms with E-state index in [1.807, 2.05) is 0 Å². The van der Waals surface area contributed by atoms with E-state index in [0.717, 1.165) is 11.3 Å². The van der Waals surface area contributed by atoms with Crippen molar-refractivity contribution in [2.45, 2.75) is 6.04 Å². The van der Waals surface area contributed by atoms with Crippen LogP contribution in [0.4, 0.5) is 5.13 Å². The first-order valence-electron chi connectivity index (χ1n) is 3.59. The summed E-state index contributed by atoms with van der Waals surface area (Å²) in [5, 5.41) is 4.00. The molecule has 0 aliphatic heterocycles. The van der Waals surface area contributed by atoms with Crippen LogP contribution in [0, 0.1) is 0 Å². The van der Waals surface area contributed by atoms with Gasteiger partial charge in [0.15, 0.2) is 5.13 Å². The van der Waals surface area contributed by atoms with Crippen LogP contribution < -0.4 is 11.1 Å². The predicted molar refractivity (Wildman–Crippen MR) is 49.5 cm³/mol. The summed E-state index contributed by atoms with van der Waals surface area (Å²) in [7, 11) is 0. The van der Waals surface area contributed by atoms with Gasteiger partial charge in [-0.15, -0.1) is 11.3 Å². The summed E-state index contributed by atoms with van der Waals surface area (Å²) >= 11 is 1.15. The average Bonchev–Trinajstić information content (AvgIpc) is 2.60. The zero-order chi connectivity index (χ0) is 10.6. The van der Waals surface area contributed by atoms with Crippen LogP contribution in [0.3, 0.4) is 0 Å². The van der Waals surface area contributed by atoms with Crippen molar-refractivity contribution in [3.63, 3.8) is 0 Å². The van der Waals surface area contributed by atoms with Gasteiger partial charge >= 0.3 is 0 Å². The molecule has 0 saturated heterocycles. The van der Waals surface area contributed by atoms with E-state index in [9.17, 15) is 14.4 Å². The number of aldehydes is 2. The Balaban J connectivity index is 2.77. The third kappa shape index (κ3) is 2.36. The minimum atomic E-state index is -0.916. The number of nitrogens with zero attached hydrogens (tertiary/aromatic N) is 1. The van der Waals surface area contributed by atoms with Crippen molar-refractivity contribution in [1.29, 1.82) is 0 Å². The van der Waals surface area contributed by atoms with Gasteiger partial charge in [0.1, 0.15) is 12.3 Å². The van der Waals surface area contributed by atoms with Crippen LogP contribution >= 0.6 is 11.3 Å². The highest BCUT2D eigenvalue weighted by atomic mass is 32.1. The normalized spacial score (nSPS) is 11.7. The second kappa shape index (κ2) is 4.47. The predicted octanol–water partition coefficient (Wildman–Crippen LogP) is -0.720. The smallest absolute Gasteiger partial charge is 0.284 e. The Morgan fingerprint density at radius 3 is 2.79 bits per heavy atom. The van der Waals surface area contributed by atoms with Crippen molar-refractivity contribution >= 4 is 34.9 Å². The molecular weight excluding hydrogens is 206 g/mol. The van der Waals surface area contributed by atoms with Gasteiger partial charge in [-0.1, -0.05) is 0 Å². The Hall–Kier alpha value is -1.76. The fourth-order valence-corrected chi connectivity index (χ4v) is 1.41. The first kappa shape index (κ1) is 10.3. The average molecular weight is 213 g/mol. The number of nitrogen functional groups attached to an aromatic ring is 1. The van der Waals surface area contributed by atoms with Crippen molar-refractivity contribution in [1.82, 2.24) is 10.3 Å². The molecule has 1 aromatic heterocycles. The van der Waals surface area contributed by atoms with E-state index in [-0.39, 0.29) is 6.29 Å². The number of aromatic nitrogens is 1. The Kier molecular flexibility index (Phi) is 3.29. The highest BCUT2D eigenvalue weighted by molar-refractivity contribution is 7.13. The lowest BCUT2D eigenvalue weighted by Gasteiger charge is -2.06. The van der Waals surface area contributed by atoms with Gasteiger partial charge in [0.2, 0.25) is 6.29 Å². The molecule has 1 heterocycles. The molecule has 1 atom stereocenters. The van der Waals surface area contributed by atoms with Gasteiger partial charge in [0, 0.05) is 5.38 Å². The molecule has 0 aliphatic rings. The quantitative estimate of drug-likeness (QED) is 0.507. The van der Waals surface area contributed by atoms with E-state index in [0.29, 0.717) is 17.1 Å². The monoisotopic (exact) mass is 213 g/mol. The Morgan fingerprint density at radius 2 is 2.36 bits per heavy atom. The minimum absolute atomic E-state index is 0.0895. The van der Waals surface area contributed by atoms with Gasteiger partial charge in [-0.05, 0) is 0 Å². The number of amides is 1. The molecule has 1 amide bonds. The SMILES string of the molecule is Nc1nc(C(C=O)NC(=O)C=O)cs1. The van der Waals surface area contributed by atoms with Crippen LogP contribution in [0.15, 0.2) is 5.38 Å². The Bertz CT molecular complexity index is 363. The second-order valence-electron chi connectivity index (χ2n) is 2.35. The van der Waals surface area contributed by atoms with E-state index in [2.05, 4.69) is 10.3 Å². The van der Waals surface area contributed by atoms with Crippen LogP contribution in [0.2, 0.25) is 0 Å². The largest absolute Gasteiger partial charge is 0.375 e. The molecule has 14 heavy (non-hydrogen) atoms. The zero-order valence-corrected chi connectivity index (χ0v) is 7.78. The van der Waals surface area contributed by atoms with Crippen LogP contribution in [0.5, 0.6) is 0 Å². The fourth-order valence-electron chi connectivity index (χ4n) is 0.808. The molecule has 0 radical (unpaired) electrons. The van der Waals surface area contributed by atoms with Crippen molar-refractivity contribution < 1.29 is 14.4 Å². The molecule has 1 aromatic rings. The summed E-state index contributed by atoms with van der Waals surface area (Å²) in [5.41, 5.74) is 5.67. The van der Waals surface area contributed by atoms with Gasteiger partial charge in [0.25, 0.3) is 5.91 Å². The molecule has 3 N–H and O–H groups in total. The number of carbonyl (C=O) groups excluding carboxylic acids is 3. The third-order valence-electron chi connectivity index (χ3n) is 1.40. The number of anilines is 1. The van der Waals surface area contributed by atoms with Crippen LogP contribution in [-0.4, -0.2) is 23.5 Å². The Labute approximate surface area is 83.1 Å². The van der Waals surface area contributed by atoms with Gasteiger partial charge in [-0.2, -0.15) is 0 Å². The number of carbonyl (C=O) groups is 3. The van der Waals surface area contributed by atoms with E-state index in [1.54, 1.807) is 5.38 Å². The molecule has 0 bridgehead atoms. The number of nitrogens with one attached hydrogen (secondary N) is 1. The molecule has 0 aliphatic carbocycles.